The second kappa shape index (κ2) is 3.75. The van der Waals surface area contributed by atoms with Gasteiger partial charge >= 0.3 is 0 Å². The van der Waals surface area contributed by atoms with Crippen LogP contribution in [0.25, 0.3) is 0 Å². The van der Waals surface area contributed by atoms with E-state index in [0.29, 0.717) is 0 Å². The van der Waals surface area contributed by atoms with Gasteiger partial charge in [0.1, 0.15) is 11.5 Å². The molecule has 76 valence electrons. The van der Waals surface area contributed by atoms with Crippen molar-refractivity contribution in [3.8, 4) is 0 Å². The zero-order chi connectivity index (χ0) is 10.9. The molecule has 1 aromatic heterocycles. The van der Waals surface area contributed by atoms with Gasteiger partial charge < -0.3 is 11.5 Å². The van der Waals surface area contributed by atoms with Crippen LogP contribution in [0.15, 0.2) is 6.07 Å². The fourth-order valence-corrected chi connectivity index (χ4v) is 1.21. The van der Waals surface area contributed by atoms with Crippen molar-refractivity contribution in [1.82, 2.24) is 4.98 Å². The fourth-order valence-electron chi connectivity index (χ4n) is 0.907. The average Bonchev–Trinajstić information content (AvgIpc) is 2.01. The molecule has 1 rings (SSSR count). The van der Waals surface area contributed by atoms with Crippen molar-refractivity contribution in [1.29, 1.82) is 0 Å². The molecule has 0 spiro atoms. The first-order valence-corrected chi connectivity index (χ1v) is 3.85. The highest BCUT2D eigenvalue weighted by Crippen LogP contribution is 2.26. The Morgan fingerprint density at radius 3 is 2.50 bits per heavy atom. The van der Waals surface area contributed by atoms with Gasteiger partial charge in [-0.05, 0) is 6.07 Å². The zero-order valence-corrected chi connectivity index (χ0v) is 7.55. The summed E-state index contributed by atoms with van der Waals surface area (Å²) in [7, 11) is 0. The highest BCUT2D eigenvalue weighted by atomic mass is 35.5. The van der Waals surface area contributed by atoms with Crippen molar-refractivity contribution >= 4 is 23.3 Å². The molecule has 1 aromatic rings. The molecule has 0 aliphatic heterocycles. The number of pyridine rings is 1. The molecule has 0 saturated heterocycles. The van der Waals surface area contributed by atoms with Gasteiger partial charge in [0.2, 0.25) is 0 Å². The number of nitrogens with two attached hydrogens (primary N) is 2. The normalized spacial score (nSPS) is 10.6. The predicted octanol–water partition coefficient (Wildman–Crippen LogP) is 1.35. The van der Waals surface area contributed by atoms with E-state index in [9.17, 15) is 13.6 Å². The molecule has 0 radical (unpaired) electrons. The van der Waals surface area contributed by atoms with Gasteiger partial charge in [-0.3, -0.25) is 4.79 Å². The third-order valence-corrected chi connectivity index (χ3v) is 1.79. The molecule has 0 bridgehead atoms. The van der Waals surface area contributed by atoms with Crippen LogP contribution >= 0.6 is 11.6 Å². The Morgan fingerprint density at radius 1 is 1.57 bits per heavy atom. The molecule has 1 amide bonds. The van der Waals surface area contributed by atoms with E-state index in [1.807, 2.05) is 0 Å². The van der Waals surface area contributed by atoms with E-state index in [1.54, 1.807) is 0 Å². The first-order valence-electron chi connectivity index (χ1n) is 3.47. The van der Waals surface area contributed by atoms with Gasteiger partial charge in [0, 0.05) is 0 Å². The highest BCUT2D eigenvalue weighted by Gasteiger charge is 2.17. The number of nitrogen functional groups attached to an aromatic ring is 1. The molecular formula is C7H6ClF2N3O. The number of anilines is 1. The van der Waals surface area contributed by atoms with Gasteiger partial charge in [0.15, 0.2) is 0 Å². The molecular weight excluding hydrogens is 216 g/mol. The Morgan fingerprint density at radius 2 is 2.14 bits per heavy atom. The molecule has 4 N–H and O–H groups in total. The van der Waals surface area contributed by atoms with Gasteiger partial charge in [0.05, 0.1) is 10.6 Å². The van der Waals surface area contributed by atoms with Crippen molar-refractivity contribution in [3.63, 3.8) is 0 Å². The van der Waals surface area contributed by atoms with Gasteiger partial charge in [-0.25, -0.2) is 13.8 Å². The molecule has 0 aliphatic carbocycles. The second-order valence-corrected chi connectivity index (χ2v) is 2.86. The maximum absolute atomic E-state index is 12.2. The minimum Gasteiger partial charge on any atom is -0.383 e. The van der Waals surface area contributed by atoms with Crippen LogP contribution in [0.4, 0.5) is 14.6 Å². The van der Waals surface area contributed by atoms with Crippen LogP contribution in [0.5, 0.6) is 0 Å². The first kappa shape index (κ1) is 10.6. The maximum atomic E-state index is 12.2. The molecule has 0 aromatic carbocycles. The van der Waals surface area contributed by atoms with E-state index >= 15 is 0 Å². The third-order valence-electron chi connectivity index (χ3n) is 1.49. The molecule has 7 heteroatoms. The molecule has 0 fully saturated rings. The van der Waals surface area contributed by atoms with Crippen molar-refractivity contribution in [2.75, 3.05) is 5.73 Å². The number of amides is 1. The summed E-state index contributed by atoms with van der Waals surface area (Å²) in [5, 5.41) is -0.222. The molecule has 1 heterocycles. The number of primary amides is 1. The van der Waals surface area contributed by atoms with E-state index < -0.39 is 18.0 Å². The Kier molecular flexibility index (Phi) is 2.85. The number of aromatic nitrogens is 1. The Balaban J connectivity index is 3.32. The lowest BCUT2D eigenvalue weighted by atomic mass is 10.2. The summed E-state index contributed by atoms with van der Waals surface area (Å²) >= 11 is 5.52. The summed E-state index contributed by atoms with van der Waals surface area (Å²) < 4.78 is 24.3. The molecule has 14 heavy (non-hydrogen) atoms. The second-order valence-electron chi connectivity index (χ2n) is 2.45. The van der Waals surface area contributed by atoms with Gasteiger partial charge in [-0.1, -0.05) is 11.6 Å². The van der Waals surface area contributed by atoms with Crippen LogP contribution in [-0.2, 0) is 0 Å². The number of carbonyl (C=O) groups is 1. The topological polar surface area (TPSA) is 82.0 Å². The summed E-state index contributed by atoms with van der Waals surface area (Å²) in [5.41, 5.74) is 9.32. The number of alkyl halides is 2. The van der Waals surface area contributed by atoms with Crippen LogP contribution in [0.2, 0.25) is 5.02 Å². The minimum atomic E-state index is -2.79. The fraction of sp³-hybridized carbons (Fsp3) is 0.143. The molecule has 0 unspecified atom stereocenters. The van der Waals surface area contributed by atoms with E-state index in [1.165, 1.54) is 0 Å². The quantitative estimate of drug-likeness (QED) is 0.791. The van der Waals surface area contributed by atoms with E-state index in [2.05, 4.69) is 4.98 Å². The highest BCUT2D eigenvalue weighted by molar-refractivity contribution is 6.34. The Hall–Kier alpha value is -1.43. The molecule has 0 aliphatic rings. The number of carbonyl (C=O) groups excluding carboxylic acids is 1. The lowest BCUT2D eigenvalue weighted by molar-refractivity contribution is 0.1000. The monoisotopic (exact) mass is 221 g/mol. The van der Waals surface area contributed by atoms with E-state index in [4.69, 9.17) is 23.1 Å². The number of halogens is 3. The lowest BCUT2D eigenvalue weighted by Crippen LogP contribution is -2.16. The summed E-state index contributed by atoms with van der Waals surface area (Å²) in [6, 6.07) is 0.864. The SMILES string of the molecule is NC(=O)c1c(Cl)cc(C(F)F)nc1N. The largest absolute Gasteiger partial charge is 0.383 e. The number of rotatable bonds is 2. The van der Waals surface area contributed by atoms with Crippen molar-refractivity contribution < 1.29 is 13.6 Å². The van der Waals surface area contributed by atoms with Crippen molar-refractivity contribution in [2.24, 2.45) is 5.73 Å². The van der Waals surface area contributed by atoms with Crippen LogP contribution in [0, 0.1) is 0 Å². The number of nitrogens with zero attached hydrogens (tertiary/aromatic N) is 1. The van der Waals surface area contributed by atoms with Crippen LogP contribution in [0.3, 0.4) is 0 Å². The lowest BCUT2D eigenvalue weighted by Gasteiger charge is -2.06. The maximum Gasteiger partial charge on any atom is 0.280 e. The van der Waals surface area contributed by atoms with E-state index in [0.717, 1.165) is 6.07 Å². The van der Waals surface area contributed by atoms with E-state index in [-0.39, 0.29) is 16.4 Å². The smallest absolute Gasteiger partial charge is 0.280 e. The summed E-state index contributed by atoms with van der Waals surface area (Å²) in [5.74, 6) is -1.29. The van der Waals surface area contributed by atoms with Crippen LogP contribution in [-0.4, -0.2) is 10.9 Å². The first-order chi connectivity index (χ1) is 6.43. The summed E-state index contributed by atoms with van der Waals surface area (Å²) in [4.78, 5) is 14.1. The van der Waals surface area contributed by atoms with Crippen molar-refractivity contribution in [2.45, 2.75) is 6.43 Å². The minimum absolute atomic E-state index is 0.222. The molecule has 0 saturated carbocycles. The third kappa shape index (κ3) is 1.90. The van der Waals surface area contributed by atoms with Gasteiger partial charge in [-0.15, -0.1) is 0 Å². The van der Waals surface area contributed by atoms with Crippen LogP contribution < -0.4 is 11.5 Å². The van der Waals surface area contributed by atoms with Crippen molar-refractivity contribution in [3.05, 3.63) is 22.3 Å². The summed E-state index contributed by atoms with van der Waals surface area (Å²) in [6.07, 6.45) is -2.79. The Labute approximate surface area is 82.9 Å². The standard InChI is InChI=1S/C7H6ClF2N3O/c8-2-1-3(5(9)10)13-6(11)4(2)7(12)14/h1,5H,(H2,11,13)(H2,12,14). The predicted molar refractivity (Wildman–Crippen MR) is 47.1 cm³/mol. The van der Waals surface area contributed by atoms with Gasteiger partial charge in [-0.2, -0.15) is 0 Å². The zero-order valence-electron chi connectivity index (χ0n) is 6.80. The molecule has 0 atom stereocenters. The number of hydrogen-bond donors (Lipinski definition) is 2. The van der Waals surface area contributed by atoms with Gasteiger partial charge in [0.25, 0.3) is 12.3 Å². The Bertz CT molecular complexity index is 360. The number of hydrogen-bond acceptors (Lipinski definition) is 3. The molecule has 4 nitrogen and oxygen atoms in total. The summed E-state index contributed by atoms with van der Waals surface area (Å²) in [6.45, 7) is 0. The van der Waals surface area contributed by atoms with Crippen LogP contribution in [0.1, 0.15) is 22.5 Å². The average molecular weight is 222 g/mol.